The Hall–Kier alpha value is -0.980. The van der Waals surface area contributed by atoms with Crippen molar-refractivity contribution in [2.45, 2.75) is 19.3 Å². The molecule has 5 nitrogen and oxygen atoms in total. The van der Waals surface area contributed by atoms with E-state index in [1.54, 1.807) is 24.3 Å². The maximum atomic E-state index is 8.64. The quantitative estimate of drug-likeness (QED) is 0.457. The van der Waals surface area contributed by atoms with Crippen LogP contribution < -0.4 is 0 Å². The van der Waals surface area contributed by atoms with Gasteiger partial charge in [0.15, 0.2) is 0 Å². The van der Waals surface area contributed by atoms with E-state index in [1.807, 2.05) is 0 Å². The fourth-order valence-corrected chi connectivity index (χ4v) is 0.808. The van der Waals surface area contributed by atoms with Crippen molar-refractivity contribution in [3.05, 3.63) is 35.4 Å². The van der Waals surface area contributed by atoms with Gasteiger partial charge < -0.3 is 25.5 Å². The molecule has 0 aliphatic rings. The molecule has 0 saturated carbocycles. The summed E-state index contributed by atoms with van der Waals surface area (Å²) in [5, 5.41) is 41.3. The lowest BCUT2D eigenvalue weighted by Crippen LogP contribution is -2.15. The minimum Gasteiger partial charge on any atom is -0.394 e. The van der Waals surface area contributed by atoms with Gasteiger partial charge in [-0.05, 0) is 11.1 Å². The van der Waals surface area contributed by atoms with Crippen LogP contribution in [-0.2, 0) is 13.2 Å². The molecule has 0 amide bonds. The lowest BCUT2D eigenvalue weighted by Gasteiger charge is -1.96. The molecule has 0 aliphatic heterocycles. The predicted molar refractivity (Wildman–Crippen MR) is 58.5 cm³/mol. The molecule has 0 spiro atoms. The van der Waals surface area contributed by atoms with Gasteiger partial charge in [0, 0.05) is 0 Å². The molecule has 0 atom stereocenters. The van der Waals surface area contributed by atoms with Crippen molar-refractivity contribution in [3.8, 4) is 0 Å². The highest BCUT2D eigenvalue weighted by atomic mass is 16.3. The highest BCUT2D eigenvalue weighted by Gasteiger charge is 1.93. The highest BCUT2D eigenvalue weighted by molar-refractivity contribution is 5.21. The van der Waals surface area contributed by atoms with E-state index >= 15 is 0 Å². The standard InChI is InChI=1S/C8H10O2.C3H8O3/c9-5-7-1-2-8(6-10)4-3-7;4-1-3(6)2-5/h1-4,9-10H,5-6H2;3-6H,1-2H2. The van der Waals surface area contributed by atoms with Crippen molar-refractivity contribution >= 4 is 0 Å². The van der Waals surface area contributed by atoms with E-state index in [0.29, 0.717) is 0 Å². The molecule has 0 fully saturated rings. The van der Waals surface area contributed by atoms with Gasteiger partial charge in [0.1, 0.15) is 6.10 Å². The molecule has 1 aromatic rings. The van der Waals surface area contributed by atoms with Crippen LogP contribution in [-0.4, -0.2) is 44.9 Å². The second kappa shape index (κ2) is 9.26. The Labute approximate surface area is 94.2 Å². The van der Waals surface area contributed by atoms with Crippen LogP contribution >= 0.6 is 0 Å². The van der Waals surface area contributed by atoms with E-state index in [0.717, 1.165) is 11.1 Å². The summed E-state index contributed by atoms with van der Waals surface area (Å²) in [6.45, 7) is -0.607. The Morgan fingerprint density at radius 2 is 1.06 bits per heavy atom. The predicted octanol–water partition coefficient (Wildman–Crippen LogP) is -0.997. The summed E-state index contributed by atoms with van der Waals surface area (Å²) in [4.78, 5) is 0. The topological polar surface area (TPSA) is 101 Å². The Balaban J connectivity index is 0.000000325. The first-order valence-corrected chi connectivity index (χ1v) is 4.87. The molecule has 0 saturated heterocycles. The van der Waals surface area contributed by atoms with Gasteiger partial charge in [-0.1, -0.05) is 24.3 Å². The smallest absolute Gasteiger partial charge is 0.100 e. The van der Waals surface area contributed by atoms with E-state index < -0.39 is 6.10 Å². The zero-order valence-electron chi connectivity index (χ0n) is 8.95. The normalized spacial score (nSPS) is 9.88. The molecule has 5 N–H and O–H groups in total. The number of aliphatic hydroxyl groups excluding tert-OH is 5. The van der Waals surface area contributed by atoms with Gasteiger partial charge in [-0.15, -0.1) is 0 Å². The van der Waals surface area contributed by atoms with Crippen molar-refractivity contribution in [1.29, 1.82) is 0 Å². The average molecular weight is 230 g/mol. The number of rotatable bonds is 4. The molecule has 1 rings (SSSR count). The van der Waals surface area contributed by atoms with Gasteiger partial charge >= 0.3 is 0 Å². The molecule has 0 aromatic heterocycles. The monoisotopic (exact) mass is 230 g/mol. The third kappa shape index (κ3) is 6.49. The Morgan fingerprint density at radius 3 is 1.19 bits per heavy atom. The zero-order valence-corrected chi connectivity index (χ0v) is 8.95. The summed E-state index contributed by atoms with van der Waals surface area (Å²) < 4.78 is 0. The molecule has 0 radical (unpaired) electrons. The summed E-state index contributed by atoms with van der Waals surface area (Å²) in [6, 6.07) is 7.19. The Kier molecular flexibility index (Phi) is 8.69. The minimum absolute atomic E-state index is 0.0612. The zero-order chi connectivity index (χ0) is 12.4. The van der Waals surface area contributed by atoms with Gasteiger partial charge in [-0.3, -0.25) is 0 Å². The van der Waals surface area contributed by atoms with Crippen LogP contribution in [0.4, 0.5) is 0 Å². The third-order valence-corrected chi connectivity index (χ3v) is 1.81. The number of aliphatic hydroxyl groups is 5. The Morgan fingerprint density at radius 1 is 0.750 bits per heavy atom. The fraction of sp³-hybridized carbons (Fsp3) is 0.455. The lowest BCUT2D eigenvalue weighted by atomic mass is 10.1. The summed E-state index contributed by atoms with van der Waals surface area (Å²) in [5.74, 6) is 0. The number of hydrogen-bond acceptors (Lipinski definition) is 5. The van der Waals surface area contributed by atoms with Crippen LogP contribution in [0.3, 0.4) is 0 Å². The average Bonchev–Trinajstić information content (AvgIpc) is 2.38. The second-order valence-corrected chi connectivity index (χ2v) is 3.15. The van der Waals surface area contributed by atoms with E-state index in [-0.39, 0.29) is 26.4 Å². The van der Waals surface area contributed by atoms with Crippen molar-refractivity contribution in [2.24, 2.45) is 0 Å². The summed E-state index contributed by atoms with van der Waals surface area (Å²) in [6.07, 6.45) is -0.954. The number of hydrogen-bond donors (Lipinski definition) is 5. The Bertz CT molecular complexity index is 233. The van der Waals surface area contributed by atoms with Gasteiger partial charge in [0.2, 0.25) is 0 Å². The lowest BCUT2D eigenvalue weighted by molar-refractivity contribution is 0.0450. The molecular weight excluding hydrogens is 212 g/mol. The first-order valence-electron chi connectivity index (χ1n) is 4.87. The van der Waals surface area contributed by atoms with E-state index in [4.69, 9.17) is 25.5 Å². The van der Waals surface area contributed by atoms with Crippen molar-refractivity contribution in [1.82, 2.24) is 0 Å². The molecule has 0 aliphatic carbocycles. The summed E-state index contributed by atoms with van der Waals surface area (Å²) in [7, 11) is 0. The maximum absolute atomic E-state index is 8.64. The first-order chi connectivity index (χ1) is 7.67. The molecule has 1 aromatic carbocycles. The van der Waals surface area contributed by atoms with Gasteiger partial charge in [0.05, 0.1) is 26.4 Å². The highest BCUT2D eigenvalue weighted by Crippen LogP contribution is 2.03. The van der Waals surface area contributed by atoms with Crippen molar-refractivity contribution in [3.63, 3.8) is 0 Å². The molecule has 5 heteroatoms. The van der Waals surface area contributed by atoms with E-state index in [1.165, 1.54) is 0 Å². The van der Waals surface area contributed by atoms with E-state index in [9.17, 15) is 0 Å². The molecule has 0 unspecified atom stereocenters. The van der Waals surface area contributed by atoms with Gasteiger partial charge in [-0.25, -0.2) is 0 Å². The minimum atomic E-state index is -0.954. The van der Waals surface area contributed by atoms with Crippen LogP contribution in [0, 0.1) is 0 Å². The van der Waals surface area contributed by atoms with Crippen LogP contribution in [0.5, 0.6) is 0 Å². The summed E-state index contributed by atoms with van der Waals surface area (Å²) >= 11 is 0. The van der Waals surface area contributed by atoms with Crippen molar-refractivity contribution in [2.75, 3.05) is 13.2 Å². The third-order valence-electron chi connectivity index (χ3n) is 1.81. The fourth-order valence-electron chi connectivity index (χ4n) is 0.808. The first kappa shape index (κ1) is 15.0. The van der Waals surface area contributed by atoms with Gasteiger partial charge in [-0.2, -0.15) is 0 Å². The van der Waals surface area contributed by atoms with Gasteiger partial charge in [0.25, 0.3) is 0 Å². The molecular formula is C11H18O5. The second-order valence-electron chi connectivity index (χ2n) is 3.15. The largest absolute Gasteiger partial charge is 0.394 e. The molecule has 92 valence electrons. The van der Waals surface area contributed by atoms with Crippen LogP contribution in [0.1, 0.15) is 11.1 Å². The van der Waals surface area contributed by atoms with Crippen LogP contribution in [0.2, 0.25) is 0 Å². The van der Waals surface area contributed by atoms with Crippen molar-refractivity contribution < 1.29 is 25.5 Å². The maximum Gasteiger partial charge on any atom is 0.100 e. The summed E-state index contributed by atoms with van der Waals surface area (Å²) in [5.41, 5.74) is 1.74. The molecule has 16 heavy (non-hydrogen) atoms. The molecule has 0 bridgehead atoms. The van der Waals surface area contributed by atoms with Crippen LogP contribution in [0.25, 0.3) is 0 Å². The number of benzene rings is 1. The SMILES string of the molecule is OCC(O)CO.OCc1ccc(CO)cc1. The van der Waals surface area contributed by atoms with Crippen LogP contribution in [0.15, 0.2) is 24.3 Å². The van der Waals surface area contributed by atoms with E-state index in [2.05, 4.69) is 0 Å². The molecule has 0 heterocycles.